The topological polar surface area (TPSA) is 67.9 Å². The summed E-state index contributed by atoms with van der Waals surface area (Å²) in [7, 11) is 1.61. The number of amides is 1. The molecular weight excluding hydrogens is 428 g/mol. The second-order valence-corrected chi connectivity index (χ2v) is 9.41. The molecule has 1 fully saturated rings. The molecule has 0 radical (unpaired) electrons. The quantitative estimate of drug-likeness (QED) is 0.230. The smallest absolute Gasteiger partial charge is 0.305 e. The Balaban J connectivity index is 1.57. The second-order valence-electron chi connectivity index (χ2n) is 9.41. The number of hydrogen-bond acceptors (Lipinski definition) is 5. The van der Waals surface area contributed by atoms with Crippen LogP contribution >= 0.6 is 0 Å². The van der Waals surface area contributed by atoms with Gasteiger partial charge in [-0.1, -0.05) is 77.6 Å². The standard InChI is InChI=1S/C28H46N2O4/c1-3-4-5-6-7-8-9-10-11-12-13-14-15-27(31)34-23-25-22-29-20-21-30(25)28(32)24-16-18-26(33-2)19-17-24/h16-19,25,29H,3-15,20-23H2,1-2H3. The summed E-state index contributed by atoms with van der Waals surface area (Å²) in [6.07, 6.45) is 15.8. The van der Waals surface area contributed by atoms with E-state index in [4.69, 9.17) is 9.47 Å². The third kappa shape index (κ3) is 10.9. The molecule has 0 spiro atoms. The summed E-state index contributed by atoms with van der Waals surface area (Å²) >= 11 is 0. The Hall–Kier alpha value is -2.08. The van der Waals surface area contributed by atoms with Crippen molar-refractivity contribution in [3.05, 3.63) is 29.8 Å². The third-order valence-electron chi connectivity index (χ3n) is 6.62. The lowest BCUT2D eigenvalue weighted by Gasteiger charge is -2.36. The fourth-order valence-electron chi connectivity index (χ4n) is 4.45. The van der Waals surface area contributed by atoms with E-state index in [1.165, 1.54) is 64.2 Å². The van der Waals surface area contributed by atoms with E-state index in [9.17, 15) is 9.59 Å². The van der Waals surface area contributed by atoms with Crippen molar-refractivity contribution < 1.29 is 19.1 Å². The first-order chi connectivity index (χ1) is 16.7. The van der Waals surface area contributed by atoms with Gasteiger partial charge >= 0.3 is 5.97 Å². The van der Waals surface area contributed by atoms with Gasteiger partial charge in [0, 0.05) is 31.6 Å². The fraction of sp³-hybridized carbons (Fsp3) is 0.714. The normalized spacial score (nSPS) is 15.8. The molecule has 1 aliphatic rings. The van der Waals surface area contributed by atoms with E-state index in [0.29, 0.717) is 25.1 Å². The summed E-state index contributed by atoms with van der Waals surface area (Å²) in [6, 6.07) is 6.99. The van der Waals surface area contributed by atoms with Gasteiger partial charge in [0.15, 0.2) is 0 Å². The van der Waals surface area contributed by atoms with E-state index in [-0.39, 0.29) is 24.5 Å². The summed E-state index contributed by atoms with van der Waals surface area (Å²) in [6.45, 7) is 4.48. The van der Waals surface area contributed by atoms with Gasteiger partial charge in [0.25, 0.3) is 5.91 Å². The van der Waals surface area contributed by atoms with Crippen LogP contribution in [0.3, 0.4) is 0 Å². The highest BCUT2D eigenvalue weighted by Gasteiger charge is 2.28. The molecule has 2 rings (SSSR count). The van der Waals surface area contributed by atoms with Crippen LogP contribution in [0.1, 0.15) is 101 Å². The fourth-order valence-corrected chi connectivity index (χ4v) is 4.45. The largest absolute Gasteiger partial charge is 0.497 e. The van der Waals surface area contributed by atoms with Crippen LogP contribution in [0.25, 0.3) is 0 Å². The Morgan fingerprint density at radius 2 is 1.50 bits per heavy atom. The Bertz CT molecular complexity index is 692. The number of piperazine rings is 1. The van der Waals surface area contributed by atoms with Gasteiger partial charge in [-0.2, -0.15) is 0 Å². The molecule has 1 aromatic carbocycles. The van der Waals surface area contributed by atoms with Gasteiger partial charge in [-0.25, -0.2) is 0 Å². The number of hydrogen-bond donors (Lipinski definition) is 1. The lowest BCUT2D eigenvalue weighted by atomic mass is 10.0. The molecule has 34 heavy (non-hydrogen) atoms. The number of ether oxygens (including phenoxy) is 2. The van der Waals surface area contributed by atoms with E-state index in [1.807, 2.05) is 4.90 Å². The molecule has 1 unspecified atom stereocenters. The first-order valence-electron chi connectivity index (χ1n) is 13.5. The van der Waals surface area contributed by atoms with Crippen molar-refractivity contribution in [3.63, 3.8) is 0 Å². The number of benzene rings is 1. The molecular formula is C28H46N2O4. The summed E-state index contributed by atoms with van der Waals surface area (Å²) in [5.74, 6) is 0.529. The predicted octanol–water partition coefficient (Wildman–Crippen LogP) is 5.74. The molecule has 1 amide bonds. The maximum absolute atomic E-state index is 13.0. The van der Waals surface area contributed by atoms with E-state index in [0.717, 1.165) is 25.1 Å². The molecule has 1 saturated heterocycles. The Morgan fingerprint density at radius 3 is 2.09 bits per heavy atom. The number of unbranched alkanes of at least 4 members (excludes halogenated alkanes) is 11. The highest BCUT2D eigenvalue weighted by atomic mass is 16.5. The molecule has 0 aliphatic carbocycles. The average molecular weight is 475 g/mol. The SMILES string of the molecule is CCCCCCCCCCCCCCC(=O)OCC1CNCCN1C(=O)c1ccc(OC)cc1. The molecule has 1 atom stereocenters. The number of carbonyl (C=O) groups is 2. The highest BCUT2D eigenvalue weighted by Crippen LogP contribution is 2.16. The van der Waals surface area contributed by atoms with Crippen LogP contribution in [0.4, 0.5) is 0 Å². The van der Waals surface area contributed by atoms with Crippen LogP contribution in [0.2, 0.25) is 0 Å². The second kappa shape index (κ2) is 17.4. The summed E-state index contributed by atoms with van der Waals surface area (Å²) in [5.41, 5.74) is 0.621. The van der Waals surface area contributed by atoms with Gasteiger partial charge in [0.1, 0.15) is 12.4 Å². The van der Waals surface area contributed by atoms with Crippen molar-refractivity contribution in [3.8, 4) is 5.75 Å². The van der Waals surface area contributed by atoms with Crippen molar-refractivity contribution in [2.75, 3.05) is 33.4 Å². The molecule has 1 N–H and O–H groups in total. The minimum Gasteiger partial charge on any atom is -0.497 e. The minimum atomic E-state index is -0.158. The molecule has 6 heteroatoms. The number of carbonyl (C=O) groups excluding carboxylic acids is 2. The van der Waals surface area contributed by atoms with Gasteiger partial charge < -0.3 is 19.7 Å². The maximum atomic E-state index is 13.0. The van der Waals surface area contributed by atoms with Crippen LogP contribution < -0.4 is 10.1 Å². The highest BCUT2D eigenvalue weighted by molar-refractivity contribution is 5.94. The zero-order valence-electron chi connectivity index (χ0n) is 21.5. The van der Waals surface area contributed by atoms with E-state index in [1.54, 1.807) is 31.4 Å². The van der Waals surface area contributed by atoms with Crippen LogP contribution in [-0.4, -0.2) is 56.2 Å². The Labute approximate surface area is 206 Å². The van der Waals surface area contributed by atoms with Crippen LogP contribution in [0, 0.1) is 0 Å². The molecule has 0 saturated carbocycles. The van der Waals surface area contributed by atoms with Gasteiger partial charge in [-0.15, -0.1) is 0 Å². The monoisotopic (exact) mass is 474 g/mol. The lowest BCUT2D eigenvalue weighted by molar-refractivity contribution is -0.145. The first kappa shape index (κ1) is 28.2. The van der Waals surface area contributed by atoms with Gasteiger partial charge in [-0.05, 0) is 30.7 Å². The van der Waals surface area contributed by atoms with Gasteiger partial charge in [0.2, 0.25) is 0 Å². The van der Waals surface area contributed by atoms with Crippen LogP contribution in [0.5, 0.6) is 5.75 Å². The van der Waals surface area contributed by atoms with Crippen LogP contribution in [-0.2, 0) is 9.53 Å². The van der Waals surface area contributed by atoms with Crippen molar-refractivity contribution >= 4 is 11.9 Å². The van der Waals surface area contributed by atoms with Gasteiger partial charge in [0.05, 0.1) is 13.2 Å². The Morgan fingerprint density at radius 1 is 0.912 bits per heavy atom. The van der Waals surface area contributed by atoms with E-state index < -0.39 is 0 Å². The summed E-state index contributed by atoms with van der Waals surface area (Å²) < 4.78 is 10.7. The zero-order valence-corrected chi connectivity index (χ0v) is 21.5. The molecule has 0 aromatic heterocycles. The van der Waals surface area contributed by atoms with E-state index >= 15 is 0 Å². The van der Waals surface area contributed by atoms with Crippen molar-refractivity contribution in [2.24, 2.45) is 0 Å². The first-order valence-corrected chi connectivity index (χ1v) is 13.5. The van der Waals surface area contributed by atoms with Crippen molar-refractivity contribution in [2.45, 2.75) is 96.4 Å². The minimum absolute atomic E-state index is 0.0360. The maximum Gasteiger partial charge on any atom is 0.305 e. The number of rotatable bonds is 17. The average Bonchev–Trinajstić information content (AvgIpc) is 2.88. The molecule has 1 heterocycles. The van der Waals surface area contributed by atoms with Gasteiger partial charge in [-0.3, -0.25) is 9.59 Å². The molecule has 0 bridgehead atoms. The molecule has 192 valence electrons. The van der Waals surface area contributed by atoms with Crippen molar-refractivity contribution in [1.82, 2.24) is 10.2 Å². The lowest BCUT2D eigenvalue weighted by Crippen LogP contribution is -2.55. The predicted molar refractivity (Wildman–Crippen MR) is 137 cm³/mol. The molecule has 6 nitrogen and oxygen atoms in total. The summed E-state index contributed by atoms with van der Waals surface area (Å²) in [5, 5.41) is 3.30. The number of nitrogens with one attached hydrogen (secondary N) is 1. The zero-order chi connectivity index (χ0) is 24.4. The number of nitrogens with zero attached hydrogens (tertiary/aromatic N) is 1. The number of methoxy groups -OCH3 is 1. The van der Waals surface area contributed by atoms with Crippen molar-refractivity contribution in [1.29, 1.82) is 0 Å². The molecule has 1 aromatic rings. The number of esters is 1. The van der Waals surface area contributed by atoms with Crippen LogP contribution in [0.15, 0.2) is 24.3 Å². The summed E-state index contributed by atoms with van der Waals surface area (Å²) in [4.78, 5) is 27.0. The Kier molecular flexibility index (Phi) is 14.4. The molecule has 1 aliphatic heterocycles. The van der Waals surface area contributed by atoms with E-state index in [2.05, 4.69) is 12.2 Å². The third-order valence-corrected chi connectivity index (χ3v) is 6.62.